The third kappa shape index (κ3) is 2.91. The highest BCUT2D eigenvalue weighted by molar-refractivity contribution is 9.10. The summed E-state index contributed by atoms with van der Waals surface area (Å²) in [6.07, 6.45) is 3.42. The number of rotatable bonds is 2. The second kappa shape index (κ2) is 6.73. The monoisotopic (exact) mass is 445 g/mol. The second-order valence-corrected chi connectivity index (χ2v) is 7.70. The fraction of sp³-hybridized carbons (Fsp3) is 0.211. The largest absolute Gasteiger partial charge is 0.370 e. The van der Waals surface area contributed by atoms with Crippen LogP contribution in [0.5, 0.6) is 0 Å². The highest BCUT2D eigenvalue weighted by atomic mass is 79.9. The van der Waals surface area contributed by atoms with E-state index in [2.05, 4.69) is 73.6 Å². The average Bonchev–Trinajstić information content (AvgIpc) is 2.78. The average molecular weight is 447 g/mol. The fourth-order valence-electron chi connectivity index (χ4n) is 3.14. The Bertz CT molecular complexity index is 869. The van der Waals surface area contributed by atoms with Gasteiger partial charge in [-0.3, -0.25) is 0 Å². The number of hydrogen-bond donors (Lipinski definition) is 1. The van der Waals surface area contributed by atoms with Gasteiger partial charge in [0, 0.05) is 26.6 Å². The molecule has 1 N–H and O–H groups in total. The minimum atomic E-state index is 0.989. The van der Waals surface area contributed by atoms with E-state index in [4.69, 9.17) is 5.10 Å². The molecule has 24 heavy (non-hydrogen) atoms. The number of nitrogens with one attached hydrogen (secondary N) is 1. The number of nitrogens with zero attached hydrogens (tertiary/aromatic N) is 2. The number of anilines is 1. The zero-order valence-corrected chi connectivity index (χ0v) is 16.3. The maximum absolute atomic E-state index is 4.97. The first-order chi connectivity index (χ1) is 11.7. The molecule has 0 amide bonds. The van der Waals surface area contributed by atoms with Gasteiger partial charge in [-0.1, -0.05) is 40.2 Å². The Balaban J connectivity index is 1.92. The molecular weight excluding hydrogens is 430 g/mol. The van der Waals surface area contributed by atoms with E-state index in [9.17, 15) is 0 Å². The third-order valence-corrected chi connectivity index (χ3v) is 5.53. The lowest BCUT2D eigenvalue weighted by Crippen LogP contribution is -2.07. The quantitative estimate of drug-likeness (QED) is 0.538. The van der Waals surface area contributed by atoms with Crippen molar-refractivity contribution >= 4 is 37.7 Å². The van der Waals surface area contributed by atoms with E-state index >= 15 is 0 Å². The van der Waals surface area contributed by atoms with Gasteiger partial charge in [0.05, 0.1) is 11.4 Å². The van der Waals surface area contributed by atoms with Crippen LogP contribution in [0.15, 0.2) is 57.5 Å². The summed E-state index contributed by atoms with van der Waals surface area (Å²) in [5, 5.41) is 8.56. The molecule has 5 heteroatoms. The molecule has 1 aliphatic rings. The molecule has 0 spiro atoms. The molecule has 0 saturated carbocycles. The molecule has 4 rings (SSSR count). The summed E-state index contributed by atoms with van der Waals surface area (Å²) >= 11 is 7.17. The van der Waals surface area contributed by atoms with Crippen LogP contribution in [0.3, 0.4) is 0 Å². The number of fused-ring (bicyclic) bond motifs is 1. The summed E-state index contributed by atoms with van der Waals surface area (Å²) in [6, 6.07) is 16.6. The van der Waals surface area contributed by atoms with E-state index in [0.717, 1.165) is 44.7 Å². The van der Waals surface area contributed by atoms with Crippen LogP contribution in [0.2, 0.25) is 0 Å². The minimum absolute atomic E-state index is 0.989. The zero-order valence-electron chi connectivity index (χ0n) is 13.1. The topological polar surface area (TPSA) is 29.9 Å². The number of halogens is 2. The van der Waals surface area contributed by atoms with Gasteiger partial charge in [0.15, 0.2) is 0 Å². The summed E-state index contributed by atoms with van der Waals surface area (Å²) in [7, 11) is 0. The number of aromatic nitrogens is 2. The Hall–Kier alpha value is -1.59. The van der Waals surface area contributed by atoms with Crippen molar-refractivity contribution in [1.29, 1.82) is 0 Å². The lowest BCUT2D eigenvalue weighted by atomic mass is 10.0. The van der Waals surface area contributed by atoms with Crippen molar-refractivity contribution in [1.82, 2.24) is 9.78 Å². The smallest absolute Gasteiger partial charge is 0.133 e. The number of benzene rings is 2. The maximum Gasteiger partial charge on any atom is 0.133 e. The first-order valence-corrected chi connectivity index (χ1v) is 9.69. The van der Waals surface area contributed by atoms with Gasteiger partial charge in [0.25, 0.3) is 0 Å². The van der Waals surface area contributed by atoms with Crippen LogP contribution in [-0.2, 0) is 6.42 Å². The lowest BCUT2D eigenvalue weighted by Gasteiger charge is -2.10. The second-order valence-electron chi connectivity index (χ2n) is 5.93. The first-order valence-electron chi connectivity index (χ1n) is 8.10. The van der Waals surface area contributed by atoms with Crippen LogP contribution in [0.4, 0.5) is 5.82 Å². The van der Waals surface area contributed by atoms with Crippen LogP contribution in [-0.4, -0.2) is 16.3 Å². The molecule has 0 radical (unpaired) electrons. The Morgan fingerprint density at radius 1 is 0.958 bits per heavy atom. The van der Waals surface area contributed by atoms with Crippen LogP contribution < -0.4 is 5.32 Å². The summed E-state index contributed by atoms with van der Waals surface area (Å²) in [5.74, 6) is 1.12. The van der Waals surface area contributed by atoms with Crippen molar-refractivity contribution < 1.29 is 0 Å². The molecule has 3 nitrogen and oxygen atoms in total. The Morgan fingerprint density at radius 3 is 2.54 bits per heavy atom. The van der Waals surface area contributed by atoms with Crippen LogP contribution in [0, 0.1) is 0 Å². The van der Waals surface area contributed by atoms with E-state index in [0.29, 0.717) is 0 Å². The summed E-state index contributed by atoms with van der Waals surface area (Å²) in [5.41, 5.74) is 4.60. The van der Waals surface area contributed by atoms with Crippen molar-refractivity contribution in [2.24, 2.45) is 0 Å². The third-order valence-electron chi connectivity index (χ3n) is 4.33. The van der Waals surface area contributed by atoms with Gasteiger partial charge in [0.1, 0.15) is 5.82 Å². The highest BCUT2D eigenvalue weighted by Crippen LogP contribution is 2.35. The Kier molecular flexibility index (Phi) is 4.46. The Morgan fingerprint density at radius 2 is 1.75 bits per heavy atom. The van der Waals surface area contributed by atoms with Crippen LogP contribution >= 0.6 is 31.9 Å². The number of para-hydroxylation sites is 1. The van der Waals surface area contributed by atoms with E-state index in [1.165, 1.54) is 18.4 Å². The van der Waals surface area contributed by atoms with Crippen molar-refractivity contribution in [2.75, 3.05) is 11.9 Å². The molecule has 1 aliphatic heterocycles. The lowest BCUT2D eigenvalue weighted by molar-refractivity contribution is 0.780. The molecule has 2 aromatic carbocycles. The first kappa shape index (κ1) is 15.9. The van der Waals surface area contributed by atoms with Crippen LogP contribution in [0.25, 0.3) is 16.9 Å². The van der Waals surface area contributed by atoms with Gasteiger partial charge in [0.2, 0.25) is 0 Å². The standard InChI is InChI=1S/C19H17Br2N3/c20-14-10-8-13(9-11-14)18-15-5-3-4-12-22-19(15)24(23-18)17-7-2-1-6-16(17)21/h1-2,6-11,22H,3-5,12H2. The minimum Gasteiger partial charge on any atom is -0.370 e. The number of hydrogen-bond acceptors (Lipinski definition) is 2. The maximum atomic E-state index is 4.97. The molecule has 0 unspecified atom stereocenters. The van der Waals surface area contributed by atoms with Gasteiger partial charge in [-0.25, -0.2) is 4.68 Å². The summed E-state index contributed by atoms with van der Waals surface area (Å²) < 4.78 is 4.17. The molecule has 0 saturated heterocycles. The fourth-order valence-corrected chi connectivity index (χ4v) is 3.86. The van der Waals surface area contributed by atoms with Gasteiger partial charge < -0.3 is 5.32 Å². The zero-order chi connectivity index (χ0) is 16.5. The predicted octanol–water partition coefficient (Wildman–Crippen LogP) is 5.81. The SMILES string of the molecule is Brc1ccc(-c2nn(-c3ccccc3Br)c3c2CCCCN3)cc1. The highest BCUT2D eigenvalue weighted by Gasteiger charge is 2.22. The van der Waals surface area contributed by atoms with Crippen molar-refractivity contribution in [3.63, 3.8) is 0 Å². The van der Waals surface area contributed by atoms with Gasteiger partial charge in [-0.15, -0.1) is 0 Å². The van der Waals surface area contributed by atoms with E-state index in [1.54, 1.807) is 0 Å². The Labute approximate surface area is 158 Å². The van der Waals surface area contributed by atoms with Gasteiger partial charge >= 0.3 is 0 Å². The molecule has 1 aromatic heterocycles. The van der Waals surface area contributed by atoms with Crippen molar-refractivity contribution in [3.8, 4) is 16.9 Å². The summed E-state index contributed by atoms with van der Waals surface area (Å²) in [6.45, 7) is 0.989. The predicted molar refractivity (Wildman–Crippen MR) is 106 cm³/mol. The molecule has 0 atom stereocenters. The summed E-state index contributed by atoms with van der Waals surface area (Å²) in [4.78, 5) is 0. The normalized spacial score (nSPS) is 13.9. The molecule has 2 heterocycles. The van der Waals surface area contributed by atoms with Crippen molar-refractivity contribution in [3.05, 3.63) is 63.0 Å². The van der Waals surface area contributed by atoms with Crippen molar-refractivity contribution in [2.45, 2.75) is 19.3 Å². The molecule has 122 valence electrons. The van der Waals surface area contributed by atoms with Crippen LogP contribution in [0.1, 0.15) is 18.4 Å². The molecule has 0 fully saturated rings. The van der Waals surface area contributed by atoms with E-state index in [-0.39, 0.29) is 0 Å². The molecule has 0 bridgehead atoms. The van der Waals surface area contributed by atoms with Gasteiger partial charge in [-0.2, -0.15) is 5.10 Å². The molecule has 3 aromatic rings. The molecule has 0 aliphatic carbocycles. The van der Waals surface area contributed by atoms with E-state index in [1.807, 2.05) is 16.8 Å². The van der Waals surface area contributed by atoms with Gasteiger partial charge in [-0.05, 0) is 59.5 Å². The molecular formula is C19H17Br2N3. The van der Waals surface area contributed by atoms with E-state index < -0.39 is 0 Å².